The first kappa shape index (κ1) is 11.2. The largest absolute Gasteiger partial charge is 0.368 e. The van der Waals surface area contributed by atoms with E-state index in [1.165, 1.54) is 5.69 Å². The zero-order valence-corrected chi connectivity index (χ0v) is 11.1. The van der Waals surface area contributed by atoms with Crippen LogP contribution in [0.4, 0.5) is 11.8 Å². The van der Waals surface area contributed by atoms with Crippen LogP contribution in [0.2, 0.25) is 0 Å². The molecule has 102 valence electrons. The van der Waals surface area contributed by atoms with E-state index >= 15 is 0 Å². The zero-order valence-electron chi connectivity index (χ0n) is 11.1. The van der Waals surface area contributed by atoms with Gasteiger partial charge in [0.1, 0.15) is 5.82 Å². The van der Waals surface area contributed by atoms with Crippen LogP contribution >= 0.6 is 0 Å². The molecule has 0 saturated carbocycles. The SMILES string of the molecule is Cn1ncc2c(N3CCn4nccc4C3)nc(N)nc21. The number of hydrogen-bond donors (Lipinski definition) is 1. The molecule has 4 heterocycles. The summed E-state index contributed by atoms with van der Waals surface area (Å²) in [5.74, 6) is 1.11. The molecule has 8 nitrogen and oxygen atoms in total. The second-order valence-corrected chi connectivity index (χ2v) is 4.88. The van der Waals surface area contributed by atoms with E-state index in [-0.39, 0.29) is 5.95 Å². The summed E-state index contributed by atoms with van der Waals surface area (Å²) in [6.07, 6.45) is 3.61. The highest BCUT2D eigenvalue weighted by Crippen LogP contribution is 2.26. The molecule has 0 spiro atoms. The van der Waals surface area contributed by atoms with Gasteiger partial charge in [0.25, 0.3) is 0 Å². The Bertz CT molecular complexity index is 786. The summed E-state index contributed by atoms with van der Waals surface area (Å²) in [5.41, 5.74) is 7.75. The number of hydrogen-bond acceptors (Lipinski definition) is 6. The molecule has 1 aliphatic heterocycles. The van der Waals surface area contributed by atoms with Gasteiger partial charge in [0.2, 0.25) is 5.95 Å². The van der Waals surface area contributed by atoms with E-state index < -0.39 is 0 Å². The van der Waals surface area contributed by atoms with Crippen LogP contribution in [0.1, 0.15) is 5.69 Å². The van der Waals surface area contributed by atoms with Crippen LogP contribution in [0, 0.1) is 0 Å². The van der Waals surface area contributed by atoms with Gasteiger partial charge in [0.15, 0.2) is 5.65 Å². The molecule has 0 bridgehead atoms. The maximum Gasteiger partial charge on any atom is 0.224 e. The van der Waals surface area contributed by atoms with Crippen molar-refractivity contribution in [2.24, 2.45) is 7.05 Å². The summed E-state index contributed by atoms with van der Waals surface area (Å²) >= 11 is 0. The topological polar surface area (TPSA) is 90.7 Å². The van der Waals surface area contributed by atoms with Gasteiger partial charge in [0.05, 0.1) is 30.4 Å². The van der Waals surface area contributed by atoms with Crippen molar-refractivity contribution in [1.82, 2.24) is 29.5 Å². The number of aromatic nitrogens is 6. The van der Waals surface area contributed by atoms with Crippen LogP contribution in [0.3, 0.4) is 0 Å². The first-order chi connectivity index (χ1) is 9.72. The van der Waals surface area contributed by atoms with Crippen molar-refractivity contribution in [3.63, 3.8) is 0 Å². The van der Waals surface area contributed by atoms with E-state index in [0.717, 1.165) is 36.5 Å². The van der Waals surface area contributed by atoms with E-state index in [4.69, 9.17) is 5.73 Å². The lowest BCUT2D eigenvalue weighted by Crippen LogP contribution is -2.34. The maximum absolute atomic E-state index is 5.83. The number of nitrogen functional groups attached to an aromatic ring is 1. The van der Waals surface area contributed by atoms with Gasteiger partial charge >= 0.3 is 0 Å². The van der Waals surface area contributed by atoms with Crippen LogP contribution in [-0.2, 0) is 20.1 Å². The van der Waals surface area contributed by atoms with Crippen molar-refractivity contribution >= 4 is 22.8 Å². The third-order valence-corrected chi connectivity index (χ3v) is 3.63. The highest BCUT2D eigenvalue weighted by molar-refractivity contribution is 5.87. The van der Waals surface area contributed by atoms with Gasteiger partial charge in [-0.3, -0.25) is 9.36 Å². The quantitative estimate of drug-likeness (QED) is 0.677. The number of anilines is 2. The molecule has 0 fully saturated rings. The summed E-state index contributed by atoms with van der Waals surface area (Å²) in [5, 5.41) is 9.45. The van der Waals surface area contributed by atoms with Gasteiger partial charge in [0, 0.05) is 19.8 Å². The van der Waals surface area contributed by atoms with Crippen molar-refractivity contribution in [3.8, 4) is 0 Å². The minimum Gasteiger partial charge on any atom is -0.368 e. The van der Waals surface area contributed by atoms with Gasteiger partial charge < -0.3 is 10.6 Å². The molecule has 0 aromatic carbocycles. The lowest BCUT2D eigenvalue weighted by Gasteiger charge is -2.29. The maximum atomic E-state index is 5.83. The van der Waals surface area contributed by atoms with Crippen LogP contribution in [0.5, 0.6) is 0 Å². The third-order valence-electron chi connectivity index (χ3n) is 3.63. The summed E-state index contributed by atoms with van der Waals surface area (Å²) in [7, 11) is 1.85. The van der Waals surface area contributed by atoms with E-state index in [0.29, 0.717) is 0 Å². The Balaban J connectivity index is 1.83. The van der Waals surface area contributed by atoms with Crippen molar-refractivity contribution in [2.75, 3.05) is 17.2 Å². The second-order valence-electron chi connectivity index (χ2n) is 4.88. The van der Waals surface area contributed by atoms with Gasteiger partial charge in [-0.2, -0.15) is 20.2 Å². The summed E-state index contributed by atoms with van der Waals surface area (Å²) in [4.78, 5) is 10.8. The Morgan fingerprint density at radius 3 is 3.00 bits per heavy atom. The Morgan fingerprint density at radius 1 is 1.20 bits per heavy atom. The van der Waals surface area contributed by atoms with E-state index in [9.17, 15) is 0 Å². The van der Waals surface area contributed by atoms with Gasteiger partial charge in [-0.1, -0.05) is 0 Å². The average molecular weight is 270 g/mol. The molecule has 1 aliphatic rings. The molecule has 0 atom stereocenters. The minimum absolute atomic E-state index is 0.273. The van der Waals surface area contributed by atoms with E-state index in [1.54, 1.807) is 10.9 Å². The fraction of sp³-hybridized carbons (Fsp3) is 0.333. The van der Waals surface area contributed by atoms with Gasteiger partial charge in [-0.15, -0.1) is 0 Å². The fourth-order valence-electron chi connectivity index (χ4n) is 2.63. The number of rotatable bonds is 1. The molecular formula is C12H14N8. The first-order valence-corrected chi connectivity index (χ1v) is 6.43. The van der Waals surface area contributed by atoms with Crippen molar-refractivity contribution in [1.29, 1.82) is 0 Å². The lowest BCUT2D eigenvalue weighted by molar-refractivity contribution is 0.518. The molecule has 0 amide bonds. The molecule has 4 rings (SSSR count). The highest BCUT2D eigenvalue weighted by Gasteiger charge is 2.21. The summed E-state index contributed by atoms with van der Waals surface area (Å²) in [6.45, 7) is 2.45. The van der Waals surface area contributed by atoms with Crippen molar-refractivity contribution in [3.05, 3.63) is 24.2 Å². The first-order valence-electron chi connectivity index (χ1n) is 6.43. The minimum atomic E-state index is 0.273. The Hall–Kier alpha value is -2.64. The van der Waals surface area contributed by atoms with Crippen LogP contribution < -0.4 is 10.6 Å². The molecule has 0 radical (unpaired) electrons. The van der Waals surface area contributed by atoms with E-state index in [2.05, 4.69) is 25.1 Å². The van der Waals surface area contributed by atoms with E-state index in [1.807, 2.05) is 24.0 Å². The predicted molar refractivity (Wildman–Crippen MR) is 74.0 cm³/mol. The zero-order chi connectivity index (χ0) is 13.7. The predicted octanol–water partition coefficient (Wildman–Crippen LogP) is 0.162. The number of nitrogens with zero attached hydrogens (tertiary/aromatic N) is 7. The lowest BCUT2D eigenvalue weighted by atomic mass is 10.2. The monoisotopic (exact) mass is 270 g/mol. The van der Waals surface area contributed by atoms with Crippen molar-refractivity contribution in [2.45, 2.75) is 13.1 Å². The third kappa shape index (κ3) is 1.54. The Kier molecular flexibility index (Phi) is 2.20. The molecule has 20 heavy (non-hydrogen) atoms. The smallest absolute Gasteiger partial charge is 0.224 e. The van der Waals surface area contributed by atoms with Crippen LogP contribution in [0.15, 0.2) is 18.5 Å². The molecule has 0 unspecified atom stereocenters. The fourth-order valence-corrected chi connectivity index (χ4v) is 2.63. The molecule has 8 heteroatoms. The number of nitrogens with two attached hydrogens (primary N) is 1. The number of fused-ring (bicyclic) bond motifs is 2. The molecular weight excluding hydrogens is 256 g/mol. The summed E-state index contributed by atoms with van der Waals surface area (Å²) < 4.78 is 3.73. The molecule has 3 aromatic rings. The van der Waals surface area contributed by atoms with Gasteiger partial charge in [-0.05, 0) is 6.07 Å². The second kappa shape index (κ2) is 3.92. The summed E-state index contributed by atoms with van der Waals surface area (Å²) in [6, 6.07) is 2.02. The molecule has 3 aromatic heterocycles. The Labute approximate surface area is 114 Å². The van der Waals surface area contributed by atoms with Crippen molar-refractivity contribution < 1.29 is 0 Å². The highest BCUT2D eigenvalue weighted by atomic mass is 15.4. The molecule has 0 aliphatic carbocycles. The van der Waals surface area contributed by atoms with Crippen LogP contribution in [-0.4, -0.2) is 36.1 Å². The van der Waals surface area contributed by atoms with Crippen LogP contribution in [0.25, 0.3) is 11.0 Å². The molecule has 2 N–H and O–H groups in total. The average Bonchev–Trinajstić information content (AvgIpc) is 3.04. The molecule has 0 saturated heterocycles. The van der Waals surface area contributed by atoms with Gasteiger partial charge in [-0.25, -0.2) is 0 Å². The standard InChI is InChI=1S/C12H14N8/c1-18-10-9(6-15-18)11(17-12(13)16-10)19-4-5-20-8(7-19)2-3-14-20/h2-3,6H,4-5,7H2,1H3,(H2,13,16,17). The normalized spacial score (nSPS) is 14.8. The number of aryl methyl sites for hydroxylation is 1. The Morgan fingerprint density at radius 2 is 2.10 bits per heavy atom.